The Morgan fingerprint density at radius 2 is 1.95 bits per heavy atom. The van der Waals surface area contributed by atoms with Gasteiger partial charge in [-0.1, -0.05) is 30.3 Å². The molecule has 2 N–H and O–H groups in total. The molecule has 102 valence electrons. The molecular formula is C17H19N3. The van der Waals surface area contributed by atoms with Gasteiger partial charge in [0.05, 0.1) is 5.69 Å². The van der Waals surface area contributed by atoms with E-state index in [9.17, 15) is 0 Å². The summed E-state index contributed by atoms with van der Waals surface area (Å²) in [6, 6.07) is 14.7. The molecule has 0 bridgehead atoms. The number of imidazole rings is 1. The Hall–Kier alpha value is -2.13. The molecule has 3 heteroatoms. The van der Waals surface area contributed by atoms with Gasteiger partial charge in [-0.2, -0.15) is 0 Å². The van der Waals surface area contributed by atoms with Crippen LogP contribution in [0.5, 0.6) is 0 Å². The Bertz CT molecular complexity index is 714. The van der Waals surface area contributed by atoms with Crippen LogP contribution >= 0.6 is 0 Å². The predicted octanol–water partition coefficient (Wildman–Crippen LogP) is 2.73. The summed E-state index contributed by atoms with van der Waals surface area (Å²) in [7, 11) is 0. The van der Waals surface area contributed by atoms with E-state index in [1.807, 2.05) is 6.07 Å². The van der Waals surface area contributed by atoms with Gasteiger partial charge in [0, 0.05) is 24.7 Å². The molecule has 2 heterocycles. The lowest BCUT2D eigenvalue weighted by Gasteiger charge is -2.04. The van der Waals surface area contributed by atoms with E-state index < -0.39 is 0 Å². The maximum absolute atomic E-state index is 5.76. The van der Waals surface area contributed by atoms with E-state index in [0.717, 1.165) is 24.2 Å². The van der Waals surface area contributed by atoms with Crippen LogP contribution in [0.2, 0.25) is 0 Å². The first-order valence-electron chi connectivity index (χ1n) is 6.98. The first-order valence-corrected chi connectivity index (χ1v) is 6.98. The normalized spacial score (nSPS) is 11.1. The van der Waals surface area contributed by atoms with Crippen LogP contribution in [0.4, 0.5) is 0 Å². The Morgan fingerprint density at radius 3 is 2.70 bits per heavy atom. The number of hydrogen-bond acceptors (Lipinski definition) is 2. The zero-order chi connectivity index (χ0) is 13.9. The van der Waals surface area contributed by atoms with Gasteiger partial charge in [0.2, 0.25) is 0 Å². The molecule has 0 radical (unpaired) electrons. The van der Waals surface area contributed by atoms with Crippen LogP contribution in [0, 0.1) is 6.92 Å². The van der Waals surface area contributed by atoms with Gasteiger partial charge in [0.15, 0.2) is 0 Å². The van der Waals surface area contributed by atoms with E-state index in [4.69, 9.17) is 10.7 Å². The van der Waals surface area contributed by atoms with Crippen LogP contribution in [-0.2, 0) is 12.8 Å². The van der Waals surface area contributed by atoms with Crippen LogP contribution < -0.4 is 5.73 Å². The average molecular weight is 265 g/mol. The van der Waals surface area contributed by atoms with Crippen LogP contribution in [0.25, 0.3) is 5.65 Å². The lowest BCUT2D eigenvalue weighted by Crippen LogP contribution is -2.07. The van der Waals surface area contributed by atoms with Gasteiger partial charge >= 0.3 is 0 Å². The lowest BCUT2D eigenvalue weighted by atomic mass is 10.1. The summed E-state index contributed by atoms with van der Waals surface area (Å²) in [5, 5.41) is 0. The fraction of sp³-hybridized carbons (Fsp3) is 0.235. The van der Waals surface area contributed by atoms with Crippen molar-refractivity contribution in [3.05, 3.63) is 71.2 Å². The fourth-order valence-corrected chi connectivity index (χ4v) is 2.58. The number of pyridine rings is 1. The molecule has 20 heavy (non-hydrogen) atoms. The smallest absolute Gasteiger partial charge is 0.137 e. The van der Waals surface area contributed by atoms with E-state index in [1.54, 1.807) is 0 Å². The average Bonchev–Trinajstić information content (AvgIpc) is 2.77. The van der Waals surface area contributed by atoms with Crippen molar-refractivity contribution in [2.24, 2.45) is 5.73 Å². The van der Waals surface area contributed by atoms with Gasteiger partial charge in [0.25, 0.3) is 0 Å². The number of hydrogen-bond donors (Lipinski definition) is 1. The summed E-state index contributed by atoms with van der Waals surface area (Å²) in [6.45, 7) is 2.73. The topological polar surface area (TPSA) is 43.3 Å². The van der Waals surface area contributed by atoms with Gasteiger partial charge in [-0.25, -0.2) is 4.98 Å². The third-order valence-corrected chi connectivity index (χ3v) is 3.56. The summed E-state index contributed by atoms with van der Waals surface area (Å²) >= 11 is 0. The minimum Gasteiger partial charge on any atom is -0.330 e. The quantitative estimate of drug-likeness (QED) is 0.788. The number of aryl methyl sites for hydroxylation is 1. The van der Waals surface area contributed by atoms with Crippen molar-refractivity contribution < 1.29 is 0 Å². The van der Waals surface area contributed by atoms with Gasteiger partial charge in [-0.15, -0.1) is 0 Å². The molecule has 0 amide bonds. The molecule has 1 aromatic carbocycles. The Labute approximate surface area is 119 Å². The second kappa shape index (κ2) is 5.47. The third-order valence-electron chi connectivity index (χ3n) is 3.56. The second-order valence-electron chi connectivity index (χ2n) is 5.14. The molecule has 0 aliphatic heterocycles. The number of nitrogens with two attached hydrogens (primary N) is 1. The molecule has 0 atom stereocenters. The van der Waals surface area contributed by atoms with Crippen molar-refractivity contribution in [1.29, 1.82) is 0 Å². The van der Waals surface area contributed by atoms with Gasteiger partial charge in [0.1, 0.15) is 5.65 Å². The molecule has 0 unspecified atom stereocenters. The third kappa shape index (κ3) is 2.45. The Balaban J connectivity index is 2.06. The van der Waals surface area contributed by atoms with Gasteiger partial charge in [-0.3, -0.25) is 0 Å². The van der Waals surface area contributed by atoms with Gasteiger partial charge in [-0.05, 0) is 36.7 Å². The zero-order valence-electron chi connectivity index (χ0n) is 11.7. The molecule has 0 fully saturated rings. The first kappa shape index (κ1) is 12.9. The van der Waals surface area contributed by atoms with Crippen molar-refractivity contribution >= 4 is 5.65 Å². The molecule has 0 saturated carbocycles. The summed E-state index contributed by atoms with van der Waals surface area (Å²) in [6.07, 6.45) is 3.81. The largest absolute Gasteiger partial charge is 0.330 e. The highest BCUT2D eigenvalue weighted by Crippen LogP contribution is 2.18. The fourth-order valence-electron chi connectivity index (χ4n) is 2.58. The number of benzene rings is 1. The zero-order valence-corrected chi connectivity index (χ0v) is 11.7. The number of nitrogens with zero attached hydrogens (tertiary/aromatic N) is 2. The minimum atomic E-state index is 0.642. The molecule has 3 aromatic rings. The molecular weight excluding hydrogens is 246 g/mol. The molecule has 0 aliphatic rings. The summed E-state index contributed by atoms with van der Waals surface area (Å²) in [5.41, 5.74) is 11.6. The minimum absolute atomic E-state index is 0.642. The van der Waals surface area contributed by atoms with Crippen LogP contribution in [-0.4, -0.2) is 15.9 Å². The number of rotatable bonds is 4. The molecule has 0 spiro atoms. The summed E-state index contributed by atoms with van der Waals surface area (Å²) in [5.74, 6) is 0. The van der Waals surface area contributed by atoms with Crippen LogP contribution in [0.15, 0.2) is 48.7 Å². The molecule has 3 nitrogen and oxygen atoms in total. The second-order valence-corrected chi connectivity index (χ2v) is 5.14. The van der Waals surface area contributed by atoms with E-state index in [1.165, 1.54) is 16.8 Å². The van der Waals surface area contributed by atoms with Crippen molar-refractivity contribution in [1.82, 2.24) is 9.38 Å². The van der Waals surface area contributed by atoms with E-state index in [-0.39, 0.29) is 0 Å². The summed E-state index contributed by atoms with van der Waals surface area (Å²) in [4.78, 5) is 4.79. The van der Waals surface area contributed by atoms with Crippen molar-refractivity contribution in [3.8, 4) is 0 Å². The highest BCUT2D eigenvalue weighted by molar-refractivity contribution is 5.46. The molecule has 0 aliphatic carbocycles. The Morgan fingerprint density at radius 1 is 1.15 bits per heavy atom. The van der Waals surface area contributed by atoms with Crippen molar-refractivity contribution in [2.75, 3.05) is 6.54 Å². The highest BCUT2D eigenvalue weighted by atomic mass is 15.0. The number of fused-ring (bicyclic) bond motifs is 1. The summed E-state index contributed by atoms with van der Waals surface area (Å²) < 4.78 is 2.16. The molecule has 2 aromatic heterocycles. The highest BCUT2D eigenvalue weighted by Gasteiger charge is 2.11. The van der Waals surface area contributed by atoms with E-state index in [0.29, 0.717) is 6.54 Å². The standard InChI is InChI=1S/C17H19N3/c1-13-8-10-20-16(7-9-18)15(19-17(20)11-13)12-14-5-3-2-4-6-14/h2-6,8,10-11H,7,9,12,18H2,1H3. The maximum Gasteiger partial charge on any atom is 0.137 e. The first-order chi connectivity index (χ1) is 9.78. The van der Waals surface area contributed by atoms with Crippen molar-refractivity contribution in [2.45, 2.75) is 19.8 Å². The molecule has 3 rings (SSSR count). The van der Waals surface area contributed by atoms with E-state index >= 15 is 0 Å². The Kier molecular flexibility index (Phi) is 3.52. The maximum atomic E-state index is 5.76. The van der Waals surface area contributed by atoms with Crippen LogP contribution in [0.3, 0.4) is 0 Å². The number of aromatic nitrogens is 2. The van der Waals surface area contributed by atoms with E-state index in [2.05, 4.69) is 53.9 Å². The monoisotopic (exact) mass is 265 g/mol. The predicted molar refractivity (Wildman–Crippen MR) is 81.9 cm³/mol. The SMILES string of the molecule is Cc1ccn2c(CCN)c(Cc3ccccc3)nc2c1. The van der Waals surface area contributed by atoms with Gasteiger partial charge < -0.3 is 10.1 Å². The molecule has 0 saturated heterocycles. The van der Waals surface area contributed by atoms with Crippen molar-refractivity contribution in [3.63, 3.8) is 0 Å². The van der Waals surface area contributed by atoms with Crippen LogP contribution in [0.1, 0.15) is 22.5 Å². The lowest BCUT2D eigenvalue weighted by molar-refractivity contribution is 0.882.